The zero-order valence-electron chi connectivity index (χ0n) is 5.72. The second kappa shape index (κ2) is 2.66. The van der Waals surface area contributed by atoms with Crippen molar-refractivity contribution in [2.75, 3.05) is 0 Å². The molecule has 0 radical (unpaired) electrons. The molecule has 0 aromatic carbocycles. The van der Waals surface area contributed by atoms with Gasteiger partial charge in [-0.25, -0.2) is 4.39 Å². The minimum Gasteiger partial charge on any atom is -0.382 e. The SMILES string of the molecule is O=CC1(O)CCC(F)CC1. The Balaban J connectivity index is 2.46. The highest BCUT2D eigenvalue weighted by Gasteiger charge is 2.32. The van der Waals surface area contributed by atoms with Crippen molar-refractivity contribution in [2.45, 2.75) is 37.5 Å². The monoisotopic (exact) mass is 146 g/mol. The van der Waals surface area contributed by atoms with Crippen LogP contribution in [0.25, 0.3) is 0 Å². The molecule has 1 saturated carbocycles. The standard InChI is InChI=1S/C7H11FO2/c8-6-1-3-7(10,5-9)4-2-6/h5-6,10H,1-4H2. The first-order valence-electron chi connectivity index (χ1n) is 3.49. The van der Waals surface area contributed by atoms with E-state index < -0.39 is 11.8 Å². The molecule has 1 aliphatic rings. The zero-order valence-corrected chi connectivity index (χ0v) is 5.72. The first-order chi connectivity index (χ1) is 4.66. The third-order valence-corrected chi connectivity index (χ3v) is 2.00. The summed E-state index contributed by atoms with van der Waals surface area (Å²) in [5.41, 5.74) is -1.22. The van der Waals surface area contributed by atoms with Crippen LogP contribution in [0.2, 0.25) is 0 Å². The maximum atomic E-state index is 12.4. The summed E-state index contributed by atoms with van der Waals surface area (Å²) in [6, 6.07) is 0. The fourth-order valence-corrected chi connectivity index (χ4v) is 1.20. The van der Waals surface area contributed by atoms with Crippen molar-refractivity contribution in [1.29, 1.82) is 0 Å². The molecule has 0 aliphatic heterocycles. The molecule has 0 bridgehead atoms. The highest BCUT2D eigenvalue weighted by atomic mass is 19.1. The molecule has 0 saturated heterocycles. The third kappa shape index (κ3) is 1.53. The number of rotatable bonds is 1. The van der Waals surface area contributed by atoms with Crippen LogP contribution in [0.4, 0.5) is 4.39 Å². The van der Waals surface area contributed by atoms with E-state index in [0.717, 1.165) is 0 Å². The zero-order chi connectivity index (χ0) is 7.61. The largest absolute Gasteiger partial charge is 0.382 e. The van der Waals surface area contributed by atoms with Gasteiger partial charge in [0.25, 0.3) is 0 Å². The van der Waals surface area contributed by atoms with Crippen LogP contribution < -0.4 is 0 Å². The van der Waals surface area contributed by atoms with Crippen molar-refractivity contribution in [3.05, 3.63) is 0 Å². The molecule has 2 nitrogen and oxygen atoms in total. The summed E-state index contributed by atoms with van der Waals surface area (Å²) in [7, 11) is 0. The van der Waals surface area contributed by atoms with Crippen molar-refractivity contribution in [3.8, 4) is 0 Å². The Morgan fingerprint density at radius 2 is 2.00 bits per heavy atom. The lowest BCUT2D eigenvalue weighted by atomic mass is 9.85. The lowest BCUT2D eigenvalue weighted by Gasteiger charge is -2.27. The van der Waals surface area contributed by atoms with Crippen molar-refractivity contribution in [1.82, 2.24) is 0 Å². The molecule has 0 amide bonds. The van der Waals surface area contributed by atoms with Gasteiger partial charge in [-0.05, 0) is 25.7 Å². The van der Waals surface area contributed by atoms with E-state index in [4.69, 9.17) is 0 Å². The Morgan fingerprint density at radius 1 is 1.50 bits per heavy atom. The van der Waals surface area contributed by atoms with Gasteiger partial charge in [-0.1, -0.05) is 0 Å². The summed E-state index contributed by atoms with van der Waals surface area (Å²) in [5.74, 6) is 0. The number of hydrogen-bond acceptors (Lipinski definition) is 2. The highest BCUT2D eigenvalue weighted by molar-refractivity contribution is 5.62. The molecule has 3 heteroatoms. The molecule has 0 spiro atoms. The first-order valence-corrected chi connectivity index (χ1v) is 3.49. The van der Waals surface area contributed by atoms with Crippen molar-refractivity contribution in [3.63, 3.8) is 0 Å². The van der Waals surface area contributed by atoms with E-state index >= 15 is 0 Å². The van der Waals surface area contributed by atoms with Gasteiger partial charge >= 0.3 is 0 Å². The number of halogens is 1. The predicted molar refractivity (Wildman–Crippen MR) is 34.4 cm³/mol. The van der Waals surface area contributed by atoms with Crippen LogP contribution in [0, 0.1) is 0 Å². The quantitative estimate of drug-likeness (QED) is 0.556. The van der Waals surface area contributed by atoms with Gasteiger partial charge in [-0.3, -0.25) is 0 Å². The number of hydrogen-bond donors (Lipinski definition) is 1. The summed E-state index contributed by atoms with van der Waals surface area (Å²) >= 11 is 0. The van der Waals surface area contributed by atoms with Crippen molar-refractivity contribution >= 4 is 6.29 Å². The molecule has 1 aliphatic carbocycles. The van der Waals surface area contributed by atoms with Crippen LogP contribution >= 0.6 is 0 Å². The molecule has 0 aromatic heterocycles. The van der Waals surface area contributed by atoms with E-state index in [9.17, 15) is 14.3 Å². The maximum absolute atomic E-state index is 12.4. The van der Waals surface area contributed by atoms with Gasteiger partial charge in [0.2, 0.25) is 0 Å². The van der Waals surface area contributed by atoms with E-state index in [1.165, 1.54) is 0 Å². The first kappa shape index (κ1) is 7.66. The van der Waals surface area contributed by atoms with E-state index in [1.807, 2.05) is 0 Å². The van der Waals surface area contributed by atoms with Crippen LogP contribution in [0.3, 0.4) is 0 Å². The number of alkyl halides is 1. The molecular formula is C7H11FO2. The lowest BCUT2D eigenvalue weighted by Crippen LogP contribution is -2.35. The average Bonchev–Trinajstić information content (AvgIpc) is 1.96. The summed E-state index contributed by atoms with van der Waals surface area (Å²) in [6.45, 7) is 0. The Hall–Kier alpha value is -0.440. The molecule has 1 rings (SSSR count). The molecule has 10 heavy (non-hydrogen) atoms. The van der Waals surface area contributed by atoms with Gasteiger partial charge in [-0.2, -0.15) is 0 Å². The third-order valence-electron chi connectivity index (χ3n) is 2.00. The minimum atomic E-state index is -1.22. The van der Waals surface area contributed by atoms with Gasteiger partial charge in [-0.15, -0.1) is 0 Å². The molecule has 58 valence electrons. The van der Waals surface area contributed by atoms with Gasteiger partial charge in [0.05, 0.1) is 0 Å². The summed E-state index contributed by atoms with van der Waals surface area (Å²) < 4.78 is 12.4. The molecule has 0 aromatic rings. The molecule has 1 N–H and O–H groups in total. The molecule has 1 fully saturated rings. The number of aldehydes is 1. The summed E-state index contributed by atoms with van der Waals surface area (Å²) in [5, 5.41) is 9.26. The Bertz CT molecular complexity index is 128. The normalized spacial score (nSPS) is 41.2. The Kier molecular flexibility index (Phi) is 2.04. The van der Waals surface area contributed by atoms with Crippen molar-refractivity contribution < 1.29 is 14.3 Å². The lowest BCUT2D eigenvalue weighted by molar-refractivity contribution is -0.128. The van der Waals surface area contributed by atoms with Gasteiger partial charge < -0.3 is 9.90 Å². The van der Waals surface area contributed by atoms with Gasteiger partial charge in [0.1, 0.15) is 11.8 Å². The van der Waals surface area contributed by atoms with Crippen LogP contribution in [0.15, 0.2) is 0 Å². The van der Waals surface area contributed by atoms with Gasteiger partial charge in [0.15, 0.2) is 6.29 Å². The van der Waals surface area contributed by atoms with Crippen molar-refractivity contribution in [2.24, 2.45) is 0 Å². The second-order valence-electron chi connectivity index (χ2n) is 2.90. The predicted octanol–water partition coefficient (Wildman–Crippen LogP) is 0.829. The second-order valence-corrected chi connectivity index (χ2v) is 2.90. The Morgan fingerprint density at radius 3 is 2.40 bits per heavy atom. The van der Waals surface area contributed by atoms with E-state index in [1.54, 1.807) is 0 Å². The van der Waals surface area contributed by atoms with E-state index in [-0.39, 0.29) is 12.8 Å². The number of aliphatic hydroxyl groups is 1. The topological polar surface area (TPSA) is 37.3 Å². The highest BCUT2D eigenvalue weighted by Crippen LogP contribution is 2.27. The average molecular weight is 146 g/mol. The summed E-state index contributed by atoms with van der Waals surface area (Å²) in [4.78, 5) is 10.2. The maximum Gasteiger partial charge on any atom is 0.151 e. The van der Waals surface area contributed by atoms with E-state index in [2.05, 4.69) is 0 Å². The Labute approximate surface area is 59.0 Å². The molecule has 0 heterocycles. The smallest absolute Gasteiger partial charge is 0.151 e. The fourth-order valence-electron chi connectivity index (χ4n) is 1.20. The van der Waals surface area contributed by atoms with Crippen LogP contribution in [0.5, 0.6) is 0 Å². The minimum absolute atomic E-state index is 0.275. The number of carbonyl (C=O) groups is 1. The van der Waals surface area contributed by atoms with Crippen LogP contribution in [-0.4, -0.2) is 23.2 Å². The molecular weight excluding hydrogens is 135 g/mol. The fraction of sp³-hybridized carbons (Fsp3) is 0.857. The molecule has 0 unspecified atom stereocenters. The van der Waals surface area contributed by atoms with E-state index in [0.29, 0.717) is 19.1 Å². The van der Waals surface area contributed by atoms with Crippen LogP contribution in [-0.2, 0) is 4.79 Å². The van der Waals surface area contributed by atoms with Crippen LogP contribution in [0.1, 0.15) is 25.7 Å². The summed E-state index contributed by atoms with van der Waals surface area (Å²) in [6.07, 6.45) is 0.888. The number of carbonyl (C=O) groups excluding carboxylic acids is 1. The van der Waals surface area contributed by atoms with Gasteiger partial charge in [0, 0.05) is 0 Å². The molecule has 0 atom stereocenters.